The van der Waals surface area contributed by atoms with Gasteiger partial charge in [-0.1, -0.05) is 24.3 Å². The number of nitrogens with zero attached hydrogens (tertiary/aromatic N) is 3. The van der Waals surface area contributed by atoms with Crippen LogP contribution in [0.2, 0.25) is 0 Å². The predicted molar refractivity (Wildman–Crippen MR) is 125 cm³/mol. The molecule has 2 fully saturated rings. The first-order valence-electron chi connectivity index (χ1n) is 11.3. The summed E-state index contributed by atoms with van der Waals surface area (Å²) in [6.45, 7) is 2.25. The van der Waals surface area contributed by atoms with Crippen molar-refractivity contribution < 1.29 is 19.1 Å². The maximum atomic E-state index is 13.0. The SMILES string of the molecule is CCOc1ccccc1NC(=O)CN1NC2C3CC(c4ccc(OC)cc4)NN3C=CN2C1=O. The Kier molecular flexibility index (Phi) is 5.99. The summed E-state index contributed by atoms with van der Waals surface area (Å²) < 4.78 is 10.8. The molecule has 0 saturated carbocycles. The van der Waals surface area contributed by atoms with E-state index in [1.54, 1.807) is 30.3 Å². The highest BCUT2D eigenvalue weighted by Crippen LogP contribution is 2.35. The third-order valence-electron chi connectivity index (χ3n) is 6.21. The highest BCUT2D eigenvalue weighted by atomic mass is 16.5. The lowest BCUT2D eigenvalue weighted by Crippen LogP contribution is -2.54. The van der Waals surface area contributed by atoms with Crippen molar-refractivity contribution in [2.24, 2.45) is 0 Å². The highest BCUT2D eigenvalue weighted by molar-refractivity contribution is 5.95. The number of ether oxygens (including phenoxy) is 2. The van der Waals surface area contributed by atoms with Gasteiger partial charge in [-0.15, -0.1) is 0 Å². The molecule has 3 aliphatic heterocycles. The second-order valence-electron chi connectivity index (χ2n) is 8.29. The van der Waals surface area contributed by atoms with Crippen LogP contribution < -0.4 is 25.6 Å². The number of benzene rings is 2. The van der Waals surface area contributed by atoms with Crippen molar-refractivity contribution in [2.75, 3.05) is 25.6 Å². The first-order valence-corrected chi connectivity index (χ1v) is 11.3. The van der Waals surface area contributed by atoms with Crippen LogP contribution in [-0.4, -0.2) is 59.3 Å². The maximum Gasteiger partial charge on any atom is 0.340 e. The standard InChI is InChI=1S/C24H28N6O4/c1-3-34-21-7-5-4-6-18(21)25-22(31)15-30-24(32)28-12-13-29-20(23(28)27-30)14-19(26-29)16-8-10-17(33-2)11-9-16/h4-13,19-20,23,26-27H,3,14-15H2,1-2H3,(H,25,31). The average Bonchev–Trinajstić information content (AvgIpc) is 3.42. The molecule has 0 spiro atoms. The van der Waals surface area contributed by atoms with Crippen LogP contribution in [0.3, 0.4) is 0 Å². The summed E-state index contributed by atoms with van der Waals surface area (Å²) in [4.78, 5) is 27.4. The Labute approximate surface area is 198 Å². The van der Waals surface area contributed by atoms with E-state index in [0.717, 1.165) is 17.7 Å². The smallest absolute Gasteiger partial charge is 0.340 e. The first-order chi connectivity index (χ1) is 16.6. The molecule has 10 nitrogen and oxygen atoms in total. The van der Waals surface area contributed by atoms with Gasteiger partial charge in [0.05, 0.1) is 31.5 Å². The summed E-state index contributed by atoms with van der Waals surface area (Å²) in [5.74, 6) is 1.09. The number of methoxy groups -OCH3 is 1. The predicted octanol–water partition coefficient (Wildman–Crippen LogP) is 2.41. The lowest BCUT2D eigenvalue weighted by atomic mass is 10.00. The molecular formula is C24H28N6O4. The largest absolute Gasteiger partial charge is 0.497 e. The number of carbonyl (C=O) groups excluding carboxylic acids is 2. The summed E-state index contributed by atoms with van der Waals surface area (Å²) in [6, 6.07) is 15.1. The van der Waals surface area contributed by atoms with E-state index in [-0.39, 0.29) is 36.7 Å². The van der Waals surface area contributed by atoms with Crippen molar-refractivity contribution in [3.8, 4) is 11.5 Å². The maximum absolute atomic E-state index is 13.0. The van der Waals surface area contributed by atoms with Crippen molar-refractivity contribution >= 4 is 17.6 Å². The van der Waals surface area contributed by atoms with Gasteiger partial charge < -0.3 is 19.8 Å². The van der Waals surface area contributed by atoms with Gasteiger partial charge in [0, 0.05) is 12.4 Å². The zero-order valence-electron chi connectivity index (χ0n) is 19.1. The number of amides is 3. The molecule has 2 aromatic rings. The molecule has 0 aliphatic carbocycles. The van der Waals surface area contributed by atoms with Crippen LogP contribution in [0.4, 0.5) is 10.5 Å². The van der Waals surface area contributed by atoms with Crippen molar-refractivity contribution in [1.29, 1.82) is 0 Å². The third-order valence-corrected chi connectivity index (χ3v) is 6.21. The highest BCUT2D eigenvalue weighted by Gasteiger charge is 2.48. The zero-order chi connectivity index (χ0) is 23.7. The van der Waals surface area contributed by atoms with Crippen LogP contribution in [0.15, 0.2) is 60.9 Å². The number of hydrogen-bond donors (Lipinski definition) is 3. The molecule has 3 amide bonds. The van der Waals surface area contributed by atoms with Crippen molar-refractivity contribution in [3.05, 3.63) is 66.5 Å². The minimum Gasteiger partial charge on any atom is -0.497 e. The molecule has 0 aromatic heterocycles. The molecule has 3 unspecified atom stereocenters. The van der Waals surface area contributed by atoms with Gasteiger partial charge in [0.1, 0.15) is 24.2 Å². The summed E-state index contributed by atoms with van der Waals surface area (Å²) in [5.41, 5.74) is 8.44. The molecule has 178 valence electrons. The Morgan fingerprint density at radius 3 is 2.68 bits per heavy atom. The van der Waals surface area contributed by atoms with Gasteiger partial charge in [0.15, 0.2) is 0 Å². The third kappa shape index (κ3) is 4.13. The number of para-hydroxylation sites is 2. The van der Waals surface area contributed by atoms with Crippen LogP contribution in [0, 0.1) is 0 Å². The van der Waals surface area contributed by atoms with E-state index in [0.29, 0.717) is 18.0 Å². The lowest BCUT2D eigenvalue weighted by Gasteiger charge is -2.34. The minimum absolute atomic E-state index is 0.00722. The fourth-order valence-corrected chi connectivity index (χ4v) is 4.57. The van der Waals surface area contributed by atoms with Gasteiger partial charge in [-0.2, -0.15) is 0 Å². The zero-order valence-corrected chi connectivity index (χ0v) is 19.1. The lowest BCUT2D eigenvalue weighted by molar-refractivity contribution is -0.117. The number of carbonyl (C=O) groups is 2. The van der Waals surface area contributed by atoms with E-state index >= 15 is 0 Å². The molecule has 2 saturated heterocycles. The first kappa shape index (κ1) is 22.1. The molecular weight excluding hydrogens is 436 g/mol. The van der Waals surface area contributed by atoms with E-state index in [1.807, 2.05) is 54.5 Å². The van der Waals surface area contributed by atoms with Gasteiger partial charge in [-0.3, -0.25) is 9.69 Å². The van der Waals surface area contributed by atoms with Crippen molar-refractivity contribution in [3.63, 3.8) is 0 Å². The Morgan fingerprint density at radius 2 is 1.91 bits per heavy atom. The van der Waals surface area contributed by atoms with Gasteiger partial charge in [-0.25, -0.2) is 20.7 Å². The number of hydrazine groups is 2. The molecule has 3 N–H and O–H groups in total. The molecule has 3 aliphatic rings. The van der Waals surface area contributed by atoms with E-state index in [4.69, 9.17) is 9.47 Å². The summed E-state index contributed by atoms with van der Waals surface area (Å²) in [5, 5.41) is 6.23. The molecule has 5 rings (SSSR count). The van der Waals surface area contributed by atoms with Gasteiger partial charge in [0.25, 0.3) is 0 Å². The normalized spacial score (nSPS) is 23.1. The number of urea groups is 1. The Morgan fingerprint density at radius 1 is 1.12 bits per heavy atom. The fourth-order valence-electron chi connectivity index (χ4n) is 4.57. The Hall–Kier alpha value is -3.76. The van der Waals surface area contributed by atoms with E-state index in [9.17, 15) is 9.59 Å². The molecule has 2 aromatic carbocycles. The van der Waals surface area contributed by atoms with Gasteiger partial charge in [0.2, 0.25) is 5.91 Å². The summed E-state index contributed by atoms with van der Waals surface area (Å²) in [7, 11) is 1.65. The van der Waals surface area contributed by atoms with Crippen molar-refractivity contribution in [2.45, 2.75) is 31.6 Å². The van der Waals surface area contributed by atoms with Gasteiger partial charge in [-0.05, 0) is 43.2 Å². The summed E-state index contributed by atoms with van der Waals surface area (Å²) in [6.07, 6.45) is 4.12. The minimum atomic E-state index is -0.311. The van der Waals surface area contributed by atoms with Gasteiger partial charge >= 0.3 is 6.03 Å². The fraction of sp³-hybridized carbons (Fsp3) is 0.333. The average molecular weight is 465 g/mol. The molecule has 0 bridgehead atoms. The molecule has 10 heteroatoms. The second kappa shape index (κ2) is 9.24. The van der Waals surface area contributed by atoms with Crippen LogP contribution in [0.1, 0.15) is 24.9 Å². The van der Waals surface area contributed by atoms with Crippen molar-refractivity contribution in [1.82, 2.24) is 25.8 Å². The Balaban J connectivity index is 1.24. The molecule has 34 heavy (non-hydrogen) atoms. The summed E-state index contributed by atoms with van der Waals surface area (Å²) >= 11 is 0. The van der Waals surface area contributed by atoms with Crippen LogP contribution in [-0.2, 0) is 4.79 Å². The number of nitrogens with one attached hydrogen (secondary N) is 3. The van der Waals surface area contributed by atoms with Crippen LogP contribution in [0.25, 0.3) is 0 Å². The van der Waals surface area contributed by atoms with Crippen LogP contribution in [0.5, 0.6) is 11.5 Å². The van der Waals surface area contributed by atoms with Crippen LogP contribution >= 0.6 is 0 Å². The number of fused-ring (bicyclic) bond motifs is 3. The number of hydrogen-bond acceptors (Lipinski definition) is 7. The number of anilines is 1. The molecule has 3 atom stereocenters. The molecule has 3 heterocycles. The second-order valence-corrected chi connectivity index (χ2v) is 8.29. The van der Waals surface area contributed by atoms with E-state index < -0.39 is 0 Å². The molecule has 0 radical (unpaired) electrons. The number of rotatable bonds is 7. The Bertz CT molecular complexity index is 1090. The monoisotopic (exact) mass is 464 g/mol. The topological polar surface area (TPSA) is 98.4 Å². The van der Waals surface area contributed by atoms with E-state index in [2.05, 4.69) is 16.2 Å². The quantitative estimate of drug-likeness (QED) is 0.579. The van der Waals surface area contributed by atoms with E-state index in [1.165, 1.54) is 5.01 Å².